The summed E-state index contributed by atoms with van der Waals surface area (Å²) in [6.45, 7) is 6.01. The van der Waals surface area contributed by atoms with Crippen LogP contribution >= 0.6 is 11.8 Å². The Morgan fingerprint density at radius 1 is 1.60 bits per heavy atom. The Morgan fingerprint density at radius 3 is 2.40 bits per heavy atom. The Balaban J connectivity index is 5.14. The molecule has 0 aliphatic rings. The third kappa shape index (κ3) is 3.41. The van der Waals surface area contributed by atoms with Crippen LogP contribution in [0.2, 0.25) is 0 Å². The molecular weight excluding hydrogens is 212 g/mol. The van der Waals surface area contributed by atoms with E-state index in [0.717, 1.165) is 6.42 Å². The van der Waals surface area contributed by atoms with Gasteiger partial charge < -0.3 is 10.5 Å². The van der Waals surface area contributed by atoms with Crippen molar-refractivity contribution in [3.8, 4) is 0 Å². The second kappa shape index (κ2) is 6.00. The minimum Gasteiger partial charge on any atom is -0.410 e. The first-order valence-electron chi connectivity index (χ1n) is 4.92. The Morgan fingerprint density at radius 2 is 2.13 bits per heavy atom. The summed E-state index contributed by atoms with van der Waals surface area (Å²) in [4.78, 5) is 11.8. The lowest BCUT2D eigenvalue weighted by atomic mass is 9.76. The van der Waals surface area contributed by atoms with Crippen LogP contribution in [0.1, 0.15) is 27.2 Å². The van der Waals surface area contributed by atoms with Crippen LogP contribution in [0.4, 0.5) is 0 Å². The number of nitrogens with one attached hydrogen (secondary N) is 1. The molecule has 15 heavy (non-hydrogen) atoms. The molecule has 0 heterocycles. The molecule has 0 rings (SSSR count). The summed E-state index contributed by atoms with van der Waals surface area (Å²) < 4.78 is 0. The molecule has 2 N–H and O–H groups in total. The standard InChI is InChI=1S/C10H20N2O2S/c1-6-10(2,3)7(8(13)11-4)9(12-14)15-5/h7,14H,6H2,1-5H3,(H,11,13). The molecule has 0 aliphatic heterocycles. The van der Waals surface area contributed by atoms with Crippen LogP contribution < -0.4 is 5.32 Å². The predicted octanol–water partition coefficient (Wildman–Crippen LogP) is 1.94. The van der Waals surface area contributed by atoms with E-state index in [1.165, 1.54) is 11.8 Å². The maximum atomic E-state index is 11.8. The van der Waals surface area contributed by atoms with Gasteiger partial charge in [0.1, 0.15) is 5.04 Å². The van der Waals surface area contributed by atoms with E-state index in [2.05, 4.69) is 10.5 Å². The number of oxime groups is 1. The molecule has 0 aliphatic carbocycles. The lowest BCUT2D eigenvalue weighted by Gasteiger charge is -2.31. The Labute approximate surface area is 95.5 Å². The molecule has 0 saturated heterocycles. The molecule has 5 heteroatoms. The Kier molecular flexibility index (Phi) is 5.72. The second-order valence-electron chi connectivity index (χ2n) is 4.03. The molecule has 0 saturated carbocycles. The van der Waals surface area contributed by atoms with Crippen LogP contribution in [0.5, 0.6) is 0 Å². The minimum atomic E-state index is -0.396. The highest BCUT2D eigenvalue weighted by Crippen LogP contribution is 2.34. The number of amides is 1. The lowest BCUT2D eigenvalue weighted by molar-refractivity contribution is -0.125. The van der Waals surface area contributed by atoms with Gasteiger partial charge in [-0.25, -0.2) is 0 Å². The van der Waals surface area contributed by atoms with Crippen molar-refractivity contribution in [2.75, 3.05) is 13.3 Å². The molecule has 1 atom stereocenters. The number of carbonyl (C=O) groups is 1. The maximum absolute atomic E-state index is 11.8. The van der Waals surface area contributed by atoms with Crippen molar-refractivity contribution in [3.63, 3.8) is 0 Å². The first-order chi connectivity index (χ1) is 6.94. The average molecular weight is 232 g/mol. The van der Waals surface area contributed by atoms with Crippen molar-refractivity contribution < 1.29 is 10.0 Å². The normalized spacial score (nSPS) is 14.9. The highest BCUT2D eigenvalue weighted by molar-refractivity contribution is 8.13. The first kappa shape index (κ1) is 14.3. The van der Waals surface area contributed by atoms with Crippen molar-refractivity contribution in [1.82, 2.24) is 5.32 Å². The minimum absolute atomic E-state index is 0.107. The second-order valence-corrected chi connectivity index (χ2v) is 4.86. The van der Waals surface area contributed by atoms with E-state index in [1.807, 2.05) is 20.8 Å². The van der Waals surface area contributed by atoms with Gasteiger partial charge in [0, 0.05) is 7.05 Å². The molecule has 88 valence electrons. The monoisotopic (exact) mass is 232 g/mol. The molecule has 0 bridgehead atoms. The van der Waals surface area contributed by atoms with Gasteiger partial charge >= 0.3 is 0 Å². The van der Waals surface area contributed by atoms with Gasteiger partial charge in [-0.2, -0.15) is 0 Å². The number of thioether (sulfide) groups is 1. The highest BCUT2D eigenvalue weighted by atomic mass is 32.2. The van der Waals surface area contributed by atoms with Gasteiger partial charge in [0.2, 0.25) is 5.91 Å². The van der Waals surface area contributed by atoms with Crippen molar-refractivity contribution >= 4 is 22.7 Å². The summed E-state index contributed by atoms with van der Waals surface area (Å²) in [5.74, 6) is -0.503. The number of hydrogen-bond acceptors (Lipinski definition) is 4. The Bertz CT molecular complexity index is 252. The number of rotatable bonds is 4. The first-order valence-corrected chi connectivity index (χ1v) is 6.14. The third-order valence-corrected chi connectivity index (χ3v) is 3.49. The van der Waals surface area contributed by atoms with Gasteiger partial charge in [-0.3, -0.25) is 4.79 Å². The van der Waals surface area contributed by atoms with Crippen molar-refractivity contribution in [2.24, 2.45) is 16.5 Å². The SMILES string of the molecule is CCC(C)(C)C(C(=O)NC)C(=NO)SC. The van der Waals surface area contributed by atoms with Gasteiger partial charge in [-0.15, -0.1) is 11.8 Å². The average Bonchev–Trinajstić information content (AvgIpc) is 2.24. The van der Waals surface area contributed by atoms with Crippen LogP contribution in [0.15, 0.2) is 5.16 Å². The predicted molar refractivity (Wildman–Crippen MR) is 64.4 cm³/mol. The zero-order valence-corrected chi connectivity index (χ0v) is 10.8. The van der Waals surface area contributed by atoms with Gasteiger partial charge in [0.05, 0.1) is 5.92 Å². The topological polar surface area (TPSA) is 61.7 Å². The van der Waals surface area contributed by atoms with Crippen molar-refractivity contribution in [1.29, 1.82) is 0 Å². The summed E-state index contributed by atoms with van der Waals surface area (Å²) in [6.07, 6.45) is 2.64. The molecule has 0 aromatic carbocycles. The van der Waals surface area contributed by atoms with E-state index in [-0.39, 0.29) is 11.3 Å². The summed E-state index contributed by atoms with van der Waals surface area (Å²) in [5, 5.41) is 15.2. The van der Waals surface area contributed by atoms with Crippen LogP contribution in [-0.2, 0) is 4.79 Å². The molecule has 4 nitrogen and oxygen atoms in total. The smallest absolute Gasteiger partial charge is 0.230 e. The summed E-state index contributed by atoms with van der Waals surface area (Å²) in [5.41, 5.74) is -0.218. The molecule has 0 aromatic rings. The van der Waals surface area contributed by atoms with Gasteiger partial charge in [0.15, 0.2) is 0 Å². The van der Waals surface area contributed by atoms with Gasteiger partial charge in [-0.05, 0) is 18.1 Å². The number of hydrogen-bond donors (Lipinski definition) is 2. The van der Waals surface area contributed by atoms with Gasteiger partial charge in [-0.1, -0.05) is 25.9 Å². The summed E-state index contributed by atoms with van der Waals surface area (Å²) in [6, 6.07) is 0. The van der Waals surface area contributed by atoms with Crippen LogP contribution in [-0.4, -0.2) is 29.5 Å². The molecule has 1 unspecified atom stereocenters. The van der Waals surface area contributed by atoms with E-state index in [9.17, 15) is 4.79 Å². The van der Waals surface area contributed by atoms with E-state index < -0.39 is 5.92 Å². The fraction of sp³-hybridized carbons (Fsp3) is 0.800. The maximum Gasteiger partial charge on any atom is 0.230 e. The quantitative estimate of drug-likeness (QED) is 0.337. The molecule has 0 aromatic heterocycles. The molecule has 0 spiro atoms. The zero-order valence-electron chi connectivity index (χ0n) is 10.00. The lowest BCUT2D eigenvalue weighted by Crippen LogP contribution is -2.41. The van der Waals surface area contributed by atoms with Crippen LogP contribution in [0.25, 0.3) is 0 Å². The highest BCUT2D eigenvalue weighted by Gasteiger charge is 2.37. The summed E-state index contributed by atoms with van der Waals surface area (Å²) >= 11 is 1.30. The van der Waals surface area contributed by atoms with E-state index in [1.54, 1.807) is 13.3 Å². The largest absolute Gasteiger partial charge is 0.410 e. The van der Waals surface area contributed by atoms with Crippen LogP contribution in [0, 0.1) is 11.3 Å². The van der Waals surface area contributed by atoms with E-state index in [0.29, 0.717) is 5.04 Å². The third-order valence-electron chi connectivity index (χ3n) is 2.76. The van der Waals surface area contributed by atoms with Crippen molar-refractivity contribution in [3.05, 3.63) is 0 Å². The fourth-order valence-electron chi connectivity index (χ4n) is 1.37. The van der Waals surface area contributed by atoms with E-state index in [4.69, 9.17) is 5.21 Å². The van der Waals surface area contributed by atoms with Crippen LogP contribution in [0.3, 0.4) is 0 Å². The molecule has 0 radical (unpaired) electrons. The zero-order chi connectivity index (χ0) is 12.1. The molecule has 1 amide bonds. The fourth-order valence-corrected chi connectivity index (χ4v) is 2.11. The molecular formula is C10H20N2O2S. The summed E-state index contributed by atoms with van der Waals surface area (Å²) in [7, 11) is 1.59. The molecule has 0 fully saturated rings. The van der Waals surface area contributed by atoms with Crippen molar-refractivity contribution in [2.45, 2.75) is 27.2 Å². The number of carbonyl (C=O) groups excluding carboxylic acids is 1. The number of nitrogens with zero attached hydrogens (tertiary/aromatic N) is 1. The van der Waals surface area contributed by atoms with Gasteiger partial charge in [0.25, 0.3) is 0 Å². The Hall–Kier alpha value is -0.710. The van der Waals surface area contributed by atoms with E-state index >= 15 is 0 Å².